The number of carbonyl (C=O) groups is 1. The summed E-state index contributed by atoms with van der Waals surface area (Å²) in [7, 11) is 0. The summed E-state index contributed by atoms with van der Waals surface area (Å²) in [5.41, 5.74) is 1.24. The van der Waals surface area contributed by atoms with Crippen molar-refractivity contribution in [2.45, 2.75) is 57.5 Å². The first-order valence-corrected chi connectivity index (χ1v) is 9.12. The highest BCUT2D eigenvalue weighted by molar-refractivity contribution is 5.80. The summed E-state index contributed by atoms with van der Waals surface area (Å²) in [5, 5.41) is 0. The SMILES string of the molecule is O=C(Cn1c(=O)oc2ccccc21)N1CCCC1C1CCCCC1. The van der Waals surface area contributed by atoms with E-state index in [1.54, 1.807) is 6.07 Å². The van der Waals surface area contributed by atoms with E-state index in [1.807, 2.05) is 23.1 Å². The van der Waals surface area contributed by atoms with Crippen molar-refractivity contribution >= 4 is 17.0 Å². The lowest BCUT2D eigenvalue weighted by molar-refractivity contribution is -0.133. The molecule has 2 aromatic rings. The molecule has 1 saturated heterocycles. The van der Waals surface area contributed by atoms with Crippen molar-refractivity contribution in [3.05, 3.63) is 34.8 Å². The number of rotatable bonds is 3. The lowest BCUT2D eigenvalue weighted by Crippen LogP contribution is -2.43. The van der Waals surface area contributed by atoms with Gasteiger partial charge in [-0.25, -0.2) is 4.79 Å². The molecule has 1 saturated carbocycles. The summed E-state index contributed by atoms with van der Waals surface area (Å²) in [6.45, 7) is 0.906. The van der Waals surface area contributed by atoms with E-state index >= 15 is 0 Å². The quantitative estimate of drug-likeness (QED) is 0.869. The van der Waals surface area contributed by atoms with Crippen LogP contribution < -0.4 is 5.76 Å². The maximum absolute atomic E-state index is 12.9. The fraction of sp³-hybridized carbons (Fsp3) is 0.579. The maximum atomic E-state index is 12.9. The van der Waals surface area contributed by atoms with Crippen molar-refractivity contribution < 1.29 is 9.21 Å². The van der Waals surface area contributed by atoms with Crippen LogP contribution in [0.3, 0.4) is 0 Å². The Labute approximate surface area is 141 Å². The fourth-order valence-corrected chi connectivity index (χ4v) is 4.50. The molecule has 1 aliphatic heterocycles. The normalized spacial score (nSPS) is 22.3. The van der Waals surface area contributed by atoms with Crippen LogP contribution in [0.1, 0.15) is 44.9 Å². The molecule has 0 bridgehead atoms. The average molecular weight is 328 g/mol. The van der Waals surface area contributed by atoms with Crippen LogP contribution in [0.15, 0.2) is 33.5 Å². The van der Waals surface area contributed by atoms with Crippen LogP contribution in [-0.4, -0.2) is 28.0 Å². The first kappa shape index (κ1) is 15.5. The first-order valence-electron chi connectivity index (χ1n) is 9.12. The molecular formula is C19H24N2O3. The summed E-state index contributed by atoms with van der Waals surface area (Å²) >= 11 is 0. The van der Waals surface area contributed by atoms with Crippen molar-refractivity contribution in [2.75, 3.05) is 6.54 Å². The van der Waals surface area contributed by atoms with E-state index in [0.29, 0.717) is 23.1 Å². The van der Waals surface area contributed by atoms with Gasteiger partial charge in [0.05, 0.1) is 5.52 Å². The van der Waals surface area contributed by atoms with Crippen LogP contribution in [0.25, 0.3) is 11.1 Å². The molecular weight excluding hydrogens is 304 g/mol. The van der Waals surface area contributed by atoms with E-state index in [9.17, 15) is 9.59 Å². The Bertz CT molecular complexity index is 785. The second-order valence-electron chi connectivity index (χ2n) is 7.12. The second-order valence-corrected chi connectivity index (χ2v) is 7.12. The highest BCUT2D eigenvalue weighted by atomic mass is 16.4. The third-order valence-corrected chi connectivity index (χ3v) is 5.68. The highest BCUT2D eigenvalue weighted by Crippen LogP contribution is 2.34. The number of nitrogens with zero attached hydrogens (tertiary/aromatic N) is 2. The molecule has 24 heavy (non-hydrogen) atoms. The molecule has 2 heterocycles. The van der Waals surface area contributed by atoms with Crippen LogP contribution in [-0.2, 0) is 11.3 Å². The molecule has 0 N–H and O–H groups in total. The lowest BCUT2D eigenvalue weighted by Gasteiger charge is -2.34. The van der Waals surface area contributed by atoms with Gasteiger partial charge in [-0.1, -0.05) is 31.4 Å². The van der Waals surface area contributed by atoms with E-state index in [2.05, 4.69) is 0 Å². The fourth-order valence-electron chi connectivity index (χ4n) is 4.50. The van der Waals surface area contributed by atoms with Gasteiger partial charge in [-0.3, -0.25) is 9.36 Å². The second kappa shape index (κ2) is 6.46. The highest BCUT2D eigenvalue weighted by Gasteiger charge is 2.35. The minimum Gasteiger partial charge on any atom is -0.408 e. The molecule has 0 radical (unpaired) electrons. The third-order valence-electron chi connectivity index (χ3n) is 5.68. The van der Waals surface area contributed by atoms with Gasteiger partial charge in [-0.15, -0.1) is 0 Å². The van der Waals surface area contributed by atoms with Crippen LogP contribution in [0.5, 0.6) is 0 Å². The molecule has 5 heteroatoms. The predicted molar refractivity (Wildman–Crippen MR) is 91.8 cm³/mol. The number of oxazole rings is 1. The zero-order chi connectivity index (χ0) is 16.5. The van der Waals surface area contributed by atoms with Gasteiger partial charge in [0.1, 0.15) is 6.54 Å². The Morgan fingerprint density at radius 2 is 1.88 bits per heavy atom. The lowest BCUT2D eigenvalue weighted by atomic mass is 9.83. The van der Waals surface area contributed by atoms with Gasteiger partial charge in [-0.05, 0) is 43.7 Å². The molecule has 1 atom stereocenters. The van der Waals surface area contributed by atoms with E-state index in [0.717, 1.165) is 19.4 Å². The molecule has 1 aromatic heterocycles. The van der Waals surface area contributed by atoms with Gasteiger partial charge < -0.3 is 9.32 Å². The minimum atomic E-state index is -0.446. The Hall–Kier alpha value is -2.04. The number of benzene rings is 1. The third kappa shape index (κ3) is 2.76. The first-order chi connectivity index (χ1) is 11.7. The summed E-state index contributed by atoms with van der Waals surface area (Å²) < 4.78 is 6.71. The van der Waals surface area contributed by atoms with Crippen LogP contribution in [0, 0.1) is 5.92 Å². The van der Waals surface area contributed by atoms with Crippen LogP contribution in [0.4, 0.5) is 0 Å². The number of para-hydroxylation sites is 2. The van der Waals surface area contributed by atoms with Crippen molar-refractivity contribution in [3.63, 3.8) is 0 Å². The van der Waals surface area contributed by atoms with E-state index in [-0.39, 0.29) is 12.5 Å². The molecule has 2 aliphatic rings. The molecule has 1 unspecified atom stereocenters. The summed E-state index contributed by atoms with van der Waals surface area (Å²) in [6.07, 6.45) is 8.56. The Morgan fingerprint density at radius 3 is 2.71 bits per heavy atom. The standard InChI is InChI=1S/C19H24N2O3/c22-18(13-21-16-9-4-5-11-17(16)24-19(21)23)20-12-6-10-15(20)14-7-2-1-3-8-14/h4-5,9,11,14-15H,1-3,6-8,10,12-13H2. The van der Waals surface area contributed by atoms with E-state index < -0.39 is 5.76 Å². The number of fused-ring (bicyclic) bond motifs is 1. The zero-order valence-electron chi connectivity index (χ0n) is 13.9. The van der Waals surface area contributed by atoms with Gasteiger partial charge in [0, 0.05) is 12.6 Å². The summed E-state index contributed by atoms with van der Waals surface area (Å²) in [4.78, 5) is 27.0. The number of aromatic nitrogens is 1. The summed E-state index contributed by atoms with van der Waals surface area (Å²) in [6, 6.07) is 7.65. The summed E-state index contributed by atoms with van der Waals surface area (Å²) in [5.74, 6) is 0.248. The van der Waals surface area contributed by atoms with Gasteiger partial charge >= 0.3 is 5.76 Å². The number of hydrogen-bond acceptors (Lipinski definition) is 3. The Kier molecular flexibility index (Phi) is 4.17. The molecule has 1 aromatic carbocycles. The molecule has 5 nitrogen and oxygen atoms in total. The topological polar surface area (TPSA) is 55.5 Å². The van der Waals surface area contributed by atoms with E-state index in [1.165, 1.54) is 36.7 Å². The molecule has 1 aliphatic carbocycles. The molecule has 128 valence electrons. The average Bonchev–Trinajstić information content (AvgIpc) is 3.21. The van der Waals surface area contributed by atoms with Crippen molar-refractivity contribution in [1.82, 2.24) is 9.47 Å². The molecule has 4 rings (SSSR count). The monoisotopic (exact) mass is 328 g/mol. The number of likely N-dealkylation sites (tertiary alicyclic amines) is 1. The van der Waals surface area contributed by atoms with Gasteiger partial charge in [0.2, 0.25) is 5.91 Å². The Balaban J connectivity index is 1.54. The molecule has 0 spiro atoms. The number of hydrogen-bond donors (Lipinski definition) is 0. The maximum Gasteiger partial charge on any atom is 0.420 e. The number of amides is 1. The van der Waals surface area contributed by atoms with Crippen molar-refractivity contribution in [3.8, 4) is 0 Å². The van der Waals surface area contributed by atoms with Crippen LogP contribution >= 0.6 is 0 Å². The van der Waals surface area contributed by atoms with Gasteiger partial charge in [0.15, 0.2) is 5.58 Å². The molecule has 2 fully saturated rings. The zero-order valence-corrected chi connectivity index (χ0v) is 13.9. The molecule has 1 amide bonds. The predicted octanol–water partition coefficient (Wildman–Crippen LogP) is 3.17. The van der Waals surface area contributed by atoms with Crippen LogP contribution in [0.2, 0.25) is 0 Å². The van der Waals surface area contributed by atoms with E-state index in [4.69, 9.17) is 4.42 Å². The van der Waals surface area contributed by atoms with Crippen molar-refractivity contribution in [1.29, 1.82) is 0 Å². The van der Waals surface area contributed by atoms with Gasteiger partial charge in [0.25, 0.3) is 0 Å². The van der Waals surface area contributed by atoms with Gasteiger partial charge in [-0.2, -0.15) is 0 Å². The smallest absolute Gasteiger partial charge is 0.408 e. The van der Waals surface area contributed by atoms with Crippen molar-refractivity contribution in [2.24, 2.45) is 5.92 Å². The number of carbonyl (C=O) groups excluding carboxylic acids is 1. The minimum absolute atomic E-state index is 0.0525. The Morgan fingerprint density at radius 1 is 1.08 bits per heavy atom. The largest absolute Gasteiger partial charge is 0.420 e.